The number of thioether (sulfide) groups is 1. The van der Waals surface area contributed by atoms with Crippen LogP contribution in [0.1, 0.15) is 29.7 Å². The highest BCUT2D eigenvalue weighted by Crippen LogP contribution is 2.40. The van der Waals surface area contributed by atoms with Crippen molar-refractivity contribution >= 4 is 40.9 Å². The van der Waals surface area contributed by atoms with Gasteiger partial charge >= 0.3 is 0 Å². The third-order valence-electron chi connectivity index (χ3n) is 6.22. The molecule has 0 aliphatic carbocycles. The molecule has 4 aromatic rings. The smallest absolute Gasteiger partial charge is 0.255 e. The number of allylic oxidation sites excluding steroid dienone is 1. The Kier molecular flexibility index (Phi) is 7.21. The van der Waals surface area contributed by atoms with Crippen molar-refractivity contribution in [1.29, 1.82) is 0 Å². The van der Waals surface area contributed by atoms with Crippen molar-refractivity contribution in [2.24, 2.45) is 0 Å². The standard InChI is InChI=1S/C28H26ClN5O2S/c1-17-10-4-8-14-22(17)31-26(35)24-18(2)30-27-32-28(37-16-19-11-5-7-13-21(19)29)33-34(27)25(24)20-12-6-9-15-23(20)36-3/h4-15,25H,16H2,1-3H3,(H,31,35)(H,30,32,33). The number of aromatic nitrogens is 3. The Morgan fingerprint density at radius 2 is 1.81 bits per heavy atom. The lowest BCUT2D eigenvalue weighted by Gasteiger charge is -2.29. The van der Waals surface area contributed by atoms with Crippen molar-refractivity contribution in [3.05, 3.63) is 106 Å². The van der Waals surface area contributed by atoms with Crippen molar-refractivity contribution in [1.82, 2.24) is 14.8 Å². The van der Waals surface area contributed by atoms with Crippen LogP contribution in [0.4, 0.5) is 11.6 Å². The van der Waals surface area contributed by atoms with Crippen LogP contribution in [0.5, 0.6) is 5.75 Å². The van der Waals surface area contributed by atoms with E-state index in [1.807, 2.05) is 86.6 Å². The third kappa shape index (κ3) is 5.08. The predicted octanol–water partition coefficient (Wildman–Crippen LogP) is 6.47. The van der Waals surface area contributed by atoms with Crippen LogP contribution in [-0.4, -0.2) is 27.8 Å². The van der Waals surface area contributed by atoms with Gasteiger partial charge in [-0.3, -0.25) is 4.79 Å². The molecule has 1 amide bonds. The van der Waals surface area contributed by atoms with Gasteiger partial charge in [0.25, 0.3) is 5.91 Å². The summed E-state index contributed by atoms with van der Waals surface area (Å²) in [6, 6.07) is 22.5. The maximum Gasteiger partial charge on any atom is 0.255 e. The molecule has 5 rings (SSSR count). The fraction of sp³-hybridized carbons (Fsp3) is 0.179. The van der Waals surface area contributed by atoms with Crippen LogP contribution in [0.15, 0.2) is 89.2 Å². The second kappa shape index (κ2) is 10.7. The number of nitrogens with zero attached hydrogens (tertiary/aromatic N) is 3. The van der Waals surface area contributed by atoms with Crippen LogP contribution in [-0.2, 0) is 10.5 Å². The van der Waals surface area contributed by atoms with E-state index < -0.39 is 6.04 Å². The van der Waals surface area contributed by atoms with Crippen LogP contribution >= 0.6 is 23.4 Å². The van der Waals surface area contributed by atoms with Gasteiger partial charge in [-0.2, -0.15) is 4.98 Å². The highest BCUT2D eigenvalue weighted by Gasteiger charge is 2.36. The zero-order valence-corrected chi connectivity index (χ0v) is 22.2. The zero-order valence-electron chi connectivity index (χ0n) is 20.7. The summed E-state index contributed by atoms with van der Waals surface area (Å²) >= 11 is 7.83. The number of halogens is 1. The van der Waals surface area contributed by atoms with Crippen LogP contribution in [0.3, 0.4) is 0 Å². The summed E-state index contributed by atoms with van der Waals surface area (Å²) < 4.78 is 7.44. The van der Waals surface area contributed by atoms with Gasteiger partial charge in [-0.05, 0) is 43.2 Å². The molecule has 1 aromatic heterocycles. The lowest BCUT2D eigenvalue weighted by Crippen LogP contribution is -2.31. The van der Waals surface area contributed by atoms with E-state index in [2.05, 4.69) is 10.6 Å². The number of ether oxygens (including phenoxy) is 1. The number of anilines is 2. The minimum atomic E-state index is -0.543. The van der Waals surface area contributed by atoms with Gasteiger partial charge in [0, 0.05) is 27.7 Å². The molecule has 188 valence electrons. The second-order valence-corrected chi connectivity index (χ2v) is 9.97. The van der Waals surface area contributed by atoms with Gasteiger partial charge in [0.2, 0.25) is 11.1 Å². The topological polar surface area (TPSA) is 81.1 Å². The number of methoxy groups -OCH3 is 1. The average Bonchev–Trinajstić information content (AvgIpc) is 3.31. The van der Waals surface area contributed by atoms with E-state index >= 15 is 0 Å². The fourth-order valence-electron chi connectivity index (χ4n) is 4.33. The molecule has 0 fully saturated rings. The average molecular weight is 532 g/mol. The zero-order chi connectivity index (χ0) is 25.9. The highest BCUT2D eigenvalue weighted by molar-refractivity contribution is 7.98. The molecule has 3 aromatic carbocycles. The Bertz CT molecular complexity index is 1500. The van der Waals surface area contributed by atoms with Crippen LogP contribution in [0, 0.1) is 6.92 Å². The van der Waals surface area contributed by atoms with Gasteiger partial charge in [-0.25, -0.2) is 4.68 Å². The quantitative estimate of drug-likeness (QED) is 0.266. The van der Waals surface area contributed by atoms with E-state index in [9.17, 15) is 4.79 Å². The first-order valence-corrected chi connectivity index (χ1v) is 13.1. The summed E-state index contributed by atoms with van der Waals surface area (Å²) in [4.78, 5) is 18.5. The molecule has 37 heavy (non-hydrogen) atoms. The number of carbonyl (C=O) groups is 1. The molecule has 2 N–H and O–H groups in total. The van der Waals surface area contributed by atoms with Crippen molar-refractivity contribution in [3.8, 4) is 5.75 Å². The summed E-state index contributed by atoms with van der Waals surface area (Å²) in [6.45, 7) is 3.84. The lowest BCUT2D eigenvalue weighted by atomic mass is 9.94. The summed E-state index contributed by atoms with van der Waals surface area (Å²) in [7, 11) is 1.62. The Morgan fingerprint density at radius 1 is 1.08 bits per heavy atom. The van der Waals surface area contributed by atoms with Gasteiger partial charge in [0.05, 0.1) is 12.7 Å². The number of amides is 1. The number of para-hydroxylation sites is 2. The molecule has 0 bridgehead atoms. The van der Waals surface area contributed by atoms with E-state index in [1.54, 1.807) is 11.8 Å². The molecule has 1 aliphatic heterocycles. The number of hydrogen-bond donors (Lipinski definition) is 2. The summed E-state index contributed by atoms with van der Waals surface area (Å²) in [6.07, 6.45) is 0. The van der Waals surface area contributed by atoms with E-state index in [4.69, 9.17) is 26.4 Å². The maximum absolute atomic E-state index is 13.7. The Morgan fingerprint density at radius 3 is 2.59 bits per heavy atom. The first kappa shape index (κ1) is 24.9. The van der Waals surface area contributed by atoms with Crippen molar-refractivity contribution in [2.45, 2.75) is 30.8 Å². The van der Waals surface area contributed by atoms with Crippen molar-refractivity contribution < 1.29 is 9.53 Å². The normalized spacial score (nSPS) is 14.6. The number of nitrogens with one attached hydrogen (secondary N) is 2. The minimum absolute atomic E-state index is 0.221. The van der Waals surface area contributed by atoms with Gasteiger partial charge in [-0.15, -0.1) is 5.10 Å². The van der Waals surface area contributed by atoms with Crippen molar-refractivity contribution in [2.75, 3.05) is 17.7 Å². The molecule has 0 saturated heterocycles. The van der Waals surface area contributed by atoms with Gasteiger partial charge < -0.3 is 15.4 Å². The highest BCUT2D eigenvalue weighted by atomic mass is 35.5. The molecule has 0 spiro atoms. The molecule has 7 nitrogen and oxygen atoms in total. The third-order valence-corrected chi connectivity index (χ3v) is 7.47. The number of carbonyl (C=O) groups excluding carboxylic acids is 1. The molecule has 0 saturated carbocycles. The molecule has 9 heteroatoms. The molecule has 1 atom stereocenters. The lowest BCUT2D eigenvalue weighted by molar-refractivity contribution is -0.113. The number of rotatable bonds is 7. The summed E-state index contributed by atoms with van der Waals surface area (Å²) in [5, 5.41) is 12.5. The molecule has 1 unspecified atom stereocenters. The molecule has 0 radical (unpaired) electrons. The fourth-order valence-corrected chi connectivity index (χ4v) is 5.44. The SMILES string of the molecule is COc1ccccc1C1C(C(=O)Nc2ccccc2C)=C(C)Nc2nc(SCc3ccccc3Cl)nn21. The van der Waals surface area contributed by atoms with Crippen LogP contribution < -0.4 is 15.4 Å². The van der Waals surface area contributed by atoms with E-state index in [-0.39, 0.29) is 5.91 Å². The van der Waals surface area contributed by atoms with Gasteiger partial charge in [0.1, 0.15) is 11.8 Å². The summed E-state index contributed by atoms with van der Waals surface area (Å²) in [5.74, 6) is 1.62. The predicted molar refractivity (Wildman–Crippen MR) is 148 cm³/mol. The van der Waals surface area contributed by atoms with Crippen LogP contribution in [0.2, 0.25) is 5.02 Å². The molecular formula is C28H26ClN5O2S. The van der Waals surface area contributed by atoms with Gasteiger partial charge in [0.15, 0.2) is 0 Å². The molecular weight excluding hydrogens is 506 g/mol. The Labute approximate surface area is 224 Å². The minimum Gasteiger partial charge on any atom is -0.496 e. The second-order valence-electron chi connectivity index (χ2n) is 8.62. The number of aryl methyl sites for hydroxylation is 1. The largest absolute Gasteiger partial charge is 0.496 e. The van der Waals surface area contributed by atoms with Crippen LogP contribution in [0.25, 0.3) is 0 Å². The maximum atomic E-state index is 13.7. The summed E-state index contributed by atoms with van der Waals surface area (Å²) in [5.41, 5.74) is 4.79. The van der Waals surface area contributed by atoms with E-state index in [1.165, 1.54) is 11.8 Å². The van der Waals surface area contributed by atoms with E-state index in [0.29, 0.717) is 38.9 Å². The van der Waals surface area contributed by atoms with Gasteiger partial charge in [-0.1, -0.05) is 78.0 Å². The number of hydrogen-bond acceptors (Lipinski definition) is 6. The van der Waals surface area contributed by atoms with E-state index in [0.717, 1.165) is 22.4 Å². The monoisotopic (exact) mass is 531 g/mol. The number of fused-ring (bicyclic) bond motifs is 1. The molecule has 2 heterocycles. The molecule has 1 aliphatic rings. The number of benzene rings is 3. The van der Waals surface area contributed by atoms with Crippen molar-refractivity contribution in [3.63, 3.8) is 0 Å². The Hall–Kier alpha value is -3.75. The first-order valence-electron chi connectivity index (χ1n) is 11.8. The first-order chi connectivity index (χ1) is 18.0. The Balaban J connectivity index is 1.53.